The average molecular weight is 232 g/mol. The van der Waals surface area contributed by atoms with Crippen LogP contribution in [0.4, 0.5) is 0 Å². The van der Waals surface area contributed by atoms with E-state index in [4.69, 9.17) is 19.9 Å². The van der Waals surface area contributed by atoms with E-state index in [9.17, 15) is 0 Å². The Kier molecular flexibility index (Phi) is 5.14. The Bertz CT molecular complexity index is 211. The van der Waals surface area contributed by atoms with Gasteiger partial charge in [-0.2, -0.15) is 0 Å². The second-order valence-corrected chi connectivity index (χ2v) is 4.49. The highest BCUT2D eigenvalue weighted by atomic mass is 16.7. The molecular formula is C11H24N2O3. The van der Waals surface area contributed by atoms with Crippen LogP contribution in [0.2, 0.25) is 0 Å². The van der Waals surface area contributed by atoms with Gasteiger partial charge in [0.05, 0.1) is 18.2 Å². The number of nitrogens with two attached hydrogens (primary N) is 1. The van der Waals surface area contributed by atoms with Crippen molar-refractivity contribution >= 4 is 0 Å². The number of ether oxygens (including phenoxy) is 3. The third-order valence-corrected chi connectivity index (χ3v) is 3.31. The molecule has 1 heterocycles. The summed E-state index contributed by atoms with van der Waals surface area (Å²) in [6.07, 6.45) is -0.0863. The standard InChI is InChI=1S/C11H24N2O3/c1-9-7-13(5-6-16-9)11(2,8-12)10(14-3)15-4/h9-10H,5-8,12H2,1-4H3. The summed E-state index contributed by atoms with van der Waals surface area (Å²) in [5.41, 5.74) is 5.59. The van der Waals surface area contributed by atoms with E-state index in [1.165, 1.54) is 0 Å². The van der Waals surface area contributed by atoms with Gasteiger partial charge in [0.25, 0.3) is 0 Å². The first-order valence-electron chi connectivity index (χ1n) is 5.70. The highest BCUT2D eigenvalue weighted by Gasteiger charge is 2.41. The summed E-state index contributed by atoms with van der Waals surface area (Å²) in [6, 6.07) is 0. The van der Waals surface area contributed by atoms with Crippen LogP contribution in [-0.2, 0) is 14.2 Å². The number of hydrogen-bond donors (Lipinski definition) is 1. The van der Waals surface area contributed by atoms with Crippen LogP contribution >= 0.6 is 0 Å². The highest BCUT2D eigenvalue weighted by molar-refractivity contribution is 4.92. The van der Waals surface area contributed by atoms with Crippen LogP contribution in [0.25, 0.3) is 0 Å². The van der Waals surface area contributed by atoms with Crippen molar-refractivity contribution in [3.63, 3.8) is 0 Å². The van der Waals surface area contributed by atoms with Crippen LogP contribution in [0.1, 0.15) is 13.8 Å². The molecule has 0 aromatic carbocycles. The minimum Gasteiger partial charge on any atom is -0.376 e. The first-order valence-corrected chi connectivity index (χ1v) is 5.70. The molecule has 2 atom stereocenters. The normalized spacial score (nSPS) is 27.0. The van der Waals surface area contributed by atoms with Crippen LogP contribution in [0.3, 0.4) is 0 Å². The molecule has 1 aliphatic heterocycles. The fraction of sp³-hybridized carbons (Fsp3) is 1.00. The van der Waals surface area contributed by atoms with Crippen molar-refractivity contribution in [3.05, 3.63) is 0 Å². The van der Waals surface area contributed by atoms with Crippen LogP contribution in [0.15, 0.2) is 0 Å². The lowest BCUT2D eigenvalue weighted by Crippen LogP contribution is -2.63. The Morgan fingerprint density at radius 2 is 2.12 bits per heavy atom. The summed E-state index contributed by atoms with van der Waals surface area (Å²) in [4.78, 5) is 2.29. The van der Waals surface area contributed by atoms with Crippen molar-refractivity contribution in [2.75, 3.05) is 40.5 Å². The predicted molar refractivity (Wildman–Crippen MR) is 62.3 cm³/mol. The van der Waals surface area contributed by atoms with E-state index < -0.39 is 0 Å². The molecule has 1 rings (SSSR count). The topological polar surface area (TPSA) is 57.0 Å². The van der Waals surface area contributed by atoms with Crippen molar-refractivity contribution in [2.24, 2.45) is 5.73 Å². The summed E-state index contributed by atoms with van der Waals surface area (Å²) in [5, 5.41) is 0. The summed E-state index contributed by atoms with van der Waals surface area (Å²) in [5.74, 6) is 0. The van der Waals surface area contributed by atoms with Gasteiger partial charge in [0.1, 0.15) is 0 Å². The summed E-state index contributed by atoms with van der Waals surface area (Å²) < 4.78 is 16.2. The van der Waals surface area contributed by atoms with Crippen molar-refractivity contribution in [1.82, 2.24) is 4.90 Å². The maximum atomic E-state index is 5.89. The van der Waals surface area contributed by atoms with Crippen molar-refractivity contribution in [1.29, 1.82) is 0 Å². The summed E-state index contributed by atoms with van der Waals surface area (Å²) in [6.45, 7) is 7.08. The Morgan fingerprint density at radius 1 is 1.50 bits per heavy atom. The Balaban J connectivity index is 2.76. The molecule has 0 amide bonds. The molecular weight excluding hydrogens is 208 g/mol. The Hall–Kier alpha value is -0.200. The monoisotopic (exact) mass is 232 g/mol. The number of nitrogens with zero attached hydrogens (tertiary/aromatic N) is 1. The van der Waals surface area contributed by atoms with Gasteiger partial charge in [-0.25, -0.2) is 0 Å². The van der Waals surface area contributed by atoms with Gasteiger partial charge in [-0.05, 0) is 13.8 Å². The molecule has 0 spiro atoms. The molecule has 0 radical (unpaired) electrons. The Morgan fingerprint density at radius 3 is 2.56 bits per heavy atom. The maximum Gasteiger partial charge on any atom is 0.176 e. The first-order chi connectivity index (χ1) is 7.58. The smallest absolute Gasteiger partial charge is 0.176 e. The lowest BCUT2D eigenvalue weighted by Gasteiger charge is -2.47. The van der Waals surface area contributed by atoms with Crippen molar-refractivity contribution < 1.29 is 14.2 Å². The molecule has 2 unspecified atom stereocenters. The second kappa shape index (κ2) is 5.93. The zero-order valence-corrected chi connectivity index (χ0v) is 10.7. The van der Waals surface area contributed by atoms with Gasteiger partial charge in [0, 0.05) is 33.9 Å². The van der Waals surface area contributed by atoms with E-state index in [-0.39, 0.29) is 17.9 Å². The minimum absolute atomic E-state index is 0.231. The molecule has 96 valence electrons. The molecule has 2 N–H and O–H groups in total. The minimum atomic E-state index is -0.317. The number of hydrogen-bond acceptors (Lipinski definition) is 5. The third-order valence-electron chi connectivity index (χ3n) is 3.31. The van der Waals surface area contributed by atoms with Crippen molar-refractivity contribution in [3.8, 4) is 0 Å². The van der Waals surface area contributed by atoms with Crippen LogP contribution in [-0.4, -0.2) is 63.3 Å². The fourth-order valence-corrected chi connectivity index (χ4v) is 2.26. The van der Waals surface area contributed by atoms with E-state index in [0.717, 1.165) is 19.7 Å². The molecule has 0 aromatic rings. The van der Waals surface area contributed by atoms with Gasteiger partial charge >= 0.3 is 0 Å². The molecule has 0 bridgehead atoms. The molecule has 1 saturated heterocycles. The molecule has 0 saturated carbocycles. The largest absolute Gasteiger partial charge is 0.376 e. The fourth-order valence-electron chi connectivity index (χ4n) is 2.26. The SMILES string of the molecule is COC(OC)C(C)(CN)N1CCOC(C)C1. The van der Waals surface area contributed by atoms with E-state index in [2.05, 4.69) is 18.7 Å². The van der Waals surface area contributed by atoms with E-state index in [0.29, 0.717) is 6.54 Å². The molecule has 5 nitrogen and oxygen atoms in total. The van der Waals surface area contributed by atoms with Gasteiger partial charge in [0.2, 0.25) is 0 Å². The zero-order chi connectivity index (χ0) is 12.2. The lowest BCUT2D eigenvalue weighted by atomic mass is 9.97. The zero-order valence-electron chi connectivity index (χ0n) is 10.7. The molecule has 1 fully saturated rings. The van der Waals surface area contributed by atoms with E-state index in [1.54, 1.807) is 14.2 Å². The summed E-state index contributed by atoms with van der Waals surface area (Å²) >= 11 is 0. The molecule has 1 aliphatic rings. The quantitative estimate of drug-likeness (QED) is 0.678. The Labute approximate surface area is 97.8 Å². The van der Waals surface area contributed by atoms with E-state index in [1.807, 2.05) is 0 Å². The molecule has 0 aromatic heterocycles. The van der Waals surface area contributed by atoms with Crippen LogP contribution < -0.4 is 5.73 Å². The lowest BCUT2D eigenvalue weighted by molar-refractivity contribution is -0.195. The van der Waals surface area contributed by atoms with E-state index >= 15 is 0 Å². The van der Waals surface area contributed by atoms with Gasteiger partial charge in [-0.15, -0.1) is 0 Å². The number of rotatable bonds is 5. The number of morpholine rings is 1. The molecule has 0 aliphatic carbocycles. The first kappa shape index (κ1) is 13.9. The van der Waals surface area contributed by atoms with Crippen LogP contribution in [0.5, 0.6) is 0 Å². The molecule has 5 heteroatoms. The highest BCUT2D eigenvalue weighted by Crippen LogP contribution is 2.24. The number of methoxy groups -OCH3 is 2. The molecule has 16 heavy (non-hydrogen) atoms. The van der Waals surface area contributed by atoms with Gasteiger partial charge in [-0.1, -0.05) is 0 Å². The van der Waals surface area contributed by atoms with Gasteiger partial charge in [-0.3, -0.25) is 4.90 Å². The van der Waals surface area contributed by atoms with Gasteiger partial charge in [0.15, 0.2) is 6.29 Å². The average Bonchev–Trinajstić information content (AvgIpc) is 2.30. The van der Waals surface area contributed by atoms with Crippen molar-refractivity contribution in [2.45, 2.75) is 31.8 Å². The van der Waals surface area contributed by atoms with Crippen LogP contribution in [0, 0.1) is 0 Å². The second-order valence-electron chi connectivity index (χ2n) is 4.49. The predicted octanol–water partition coefficient (Wildman–Crippen LogP) is 0.0434. The third kappa shape index (κ3) is 2.73. The summed E-state index contributed by atoms with van der Waals surface area (Å²) in [7, 11) is 3.29. The van der Waals surface area contributed by atoms with Gasteiger partial charge < -0.3 is 19.9 Å². The maximum absolute atomic E-state index is 5.89.